The Kier molecular flexibility index (Phi) is 2.50. The van der Waals surface area contributed by atoms with E-state index in [0.29, 0.717) is 6.04 Å². The third-order valence-corrected chi connectivity index (χ3v) is 3.66. The van der Waals surface area contributed by atoms with E-state index in [-0.39, 0.29) is 17.1 Å². The summed E-state index contributed by atoms with van der Waals surface area (Å²) in [7, 11) is 0. The summed E-state index contributed by atoms with van der Waals surface area (Å²) >= 11 is 0. The first-order chi connectivity index (χ1) is 7.22. The smallest absolute Gasteiger partial charge is 0.183 e. The number of nitrogens with zero attached hydrogens (tertiary/aromatic N) is 1. The molecule has 0 aromatic heterocycles. The molecule has 2 atom stereocenters. The highest BCUT2D eigenvalue weighted by Gasteiger charge is 2.49. The van der Waals surface area contributed by atoms with Gasteiger partial charge in [-0.3, -0.25) is 0 Å². The van der Waals surface area contributed by atoms with Gasteiger partial charge in [0.05, 0.1) is 18.8 Å². The highest BCUT2D eigenvalue weighted by atomic mass is 16.5. The van der Waals surface area contributed by atoms with Crippen molar-refractivity contribution in [2.45, 2.75) is 52.4 Å². The van der Waals surface area contributed by atoms with Gasteiger partial charge in [-0.25, -0.2) is 0 Å². The zero-order valence-electron chi connectivity index (χ0n) is 11.0. The third-order valence-electron chi connectivity index (χ3n) is 3.66. The lowest BCUT2D eigenvalue weighted by Crippen LogP contribution is -2.54. The van der Waals surface area contributed by atoms with Crippen LogP contribution in [0.5, 0.6) is 0 Å². The molecule has 2 fully saturated rings. The summed E-state index contributed by atoms with van der Waals surface area (Å²) in [5.74, 6) is 0.799. The Bertz CT molecular complexity index is 304. The van der Waals surface area contributed by atoms with E-state index < -0.39 is 0 Å². The molecule has 2 aliphatic rings. The van der Waals surface area contributed by atoms with Crippen molar-refractivity contribution in [2.24, 2.45) is 5.41 Å². The van der Waals surface area contributed by atoms with Crippen LogP contribution >= 0.6 is 0 Å². The van der Waals surface area contributed by atoms with Gasteiger partial charge in [0.25, 0.3) is 0 Å². The van der Waals surface area contributed by atoms with Crippen LogP contribution < -0.4 is 0 Å². The van der Waals surface area contributed by atoms with Crippen LogP contribution in [0.25, 0.3) is 0 Å². The van der Waals surface area contributed by atoms with E-state index in [1.165, 1.54) is 0 Å². The maximum Gasteiger partial charge on any atom is 0.183 e. The molecule has 3 nitrogen and oxygen atoms in total. The molecule has 0 saturated carbocycles. The molecule has 2 aliphatic heterocycles. The molecule has 0 aliphatic carbocycles. The fraction of sp³-hybridized carbons (Fsp3) is 0.846. The molecule has 0 N–H and O–H groups in total. The van der Waals surface area contributed by atoms with Gasteiger partial charge in [0.15, 0.2) is 5.88 Å². The van der Waals surface area contributed by atoms with Crippen LogP contribution in [0.15, 0.2) is 12.5 Å². The van der Waals surface area contributed by atoms with E-state index in [9.17, 15) is 0 Å². The van der Waals surface area contributed by atoms with E-state index in [1.54, 1.807) is 0 Å². The summed E-state index contributed by atoms with van der Waals surface area (Å²) in [5.41, 5.74) is -0.0160. The summed E-state index contributed by atoms with van der Waals surface area (Å²) in [6, 6.07) is 0.304. The fourth-order valence-corrected chi connectivity index (χ4v) is 2.46. The Morgan fingerprint density at radius 2 is 2.00 bits per heavy atom. The Hall–Kier alpha value is -0.700. The van der Waals surface area contributed by atoms with Gasteiger partial charge in [-0.05, 0) is 25.8 Å². The van der Waals surface area contributed by atoms with Crippen LogP contribution in [0.3, 0.4) is 0 Å². The monoisotopic (exact) mass is 225 g/mol. The van der Waals surface area contributed by atoms with Crippen LogP contribution in [0.1, 0.15) is 34.6 Å². The number of hydrogen-bond donors (Lipinski definition) is 0. The predicted molar refractivity (Wildman–Crippen MR) is 64.0 cm³/mol. The first-order valence-electron chi connectivity index (χ1n) is 5.98. The van der Waals surface area contributed by atoms with Crippen molar-refractivity contribution in [3.05, 3.63) is 12.5 Å². The van der Waals surface area contributed by atoms with Gasteiger partial charge in [0, 0.05) is 6.54 Å². The van der Waals surface area contributed by atoms with Crippen molar-refractivity contribution in [3.8, 4) is 0 Å². The largest absolute Gasteiger partial charge is 0.471 e. The highest BCUT2D eigenvalue weighted by Crippen LogP contribution is 2.39. The Balaban J connectivity index is 2.15. The molecule has 0 bridgehead atoms. The van der Waals surface area contributed by atoms with Gasteiger partial charge < -0.3 is 14.4 Å². The van der Waals surface area contributed by atoms with Crippen molar-refractivity contribution in [3.63, 3.8) is 0 Å². The molecule has 0 amide bonds. The molecule has 0 radical (unpaired) electrons. The molecule has 0 spiro atoms. The third kappa shape index (κ3) is 1.81. The first kappa shape index (κ1) is 11.8. The molecule has 0 aromatic rings. The van der Waals surface area contributed by atoms with Crippen molar-refractivity contribution in [1.29, 1.82) is 0 Å². The Morgan fingerprint density at radius 1 is 1.38 bits per heavy atom. The van der Waals surface area contributed by atoms with Crippen LogP contribution in [-0.2, 0) is 9.47 Å². The molecular formula is C13H23NO2. The molecule has 2 heterocycles. The van der Waals surface area contributed by atoms with E-state index in [0.717, 1.165) is 19.0 Å². The Morgan fingerprint density at radius 3 is 2.56 bits per heavy atom. The SMILES string of the molecule is C=C1OC(C)(C)C2COC(C(C)(C)C)CN12. The number of morpholine rings is 1. The van der Waals surface area contributed by atoms with Crippen LogP contribution in [0.4, 0.5) is 0 Å². The van der Waals surface area contributed by atoms with E-state index >= 15 is 0 Å². The van der Waals surface area contributed by atoms with Crippen LogP contribution in [-0.4, -0.2) is 35.8 Å². The molecule has 2 saturated heterocycles. The number of fused-ring (bicyclic) bond motifs is 1. The van der Waals surface area contributed by atoms with Gasteiger partial charge in [-0.1, -0.05) is 20.8 Å². The molecule has 0 aromatic carbocycles. The normalized spacial score (nSPS) is 33.6. The summed E-state index contributed by atoms with van der Waals surface area (Å²) in [6.07, 6.45) is 0.248. The number of rotatable bonds is 0. The molecule has 2 rings (SSSR count). The van der Waals surface area contributed by atoms with E-state index in [2.05, 4.69) is 46.1 Å². The van der Waals surface area contributed by atoms with Crippen molar-refractivity contribution < 1.29 is 9.47 Å². The van der Waals surface area contributed by atoms with Crippen molar-refractivity contribution in [1.82, 2.24) is 4.90 Å². The zero-order valence-corrected chi connectivity index (χ0v) is 11.0. The minimum Gasteiger partial charge on any atom is -0.471 e. The van der Waals surface area contributed by atoms with Crippen LogP contribution in [0.2, 0.25) is 0 Å². The number of hydrogen-bond acceptors (Lipinski definition) is 3. The molecular weight excluding hydrogens is 202 g/mol. The predicted octanol–water partition coefficient (Wildman–Crippen LogP) is 2.38. The molecule has 92 valence electrons. The van der Waals surface area contributed by atoms with Crippen LogP contribution in [0, 0.1) is 5.41 Å². The second-order valence-corrected chi connectivity index (χ2v) is 6.46. The fourth-order valence-electron chi connectivity index (χ4n) is 2.46. The van der Waals surface area contributed by atoms with E-state index in [4.69, 9.17) is 9.47 Å². The van der Waals surface area contributed by atoms with Gasteiger partial charge in [-0.15, -0.1) is 0 Å². The van der Waals surface area contributed by atoms with Gasteiger partial charge in [0.2, 0.25) is 0 Å². The zero-order chi connectivity index (χ0) is 12.1. The molecule has 3 heteroatoms. The maximum absolute atomic E-state index is 5.98. The second kappa shape index (κ2) is 3.39. The lowest BCUT2D eigenvalue weighted by molar-refractivity contribution is -0.0998. The van der Waals surface area contributed by atoms with Crippen molar-refractivity contribution >= 4 is 0 Å². The average molecular weight is 225 g/mol. The quantitative estimate of drug-likeness (QED) is 0.632. The lowest BCUT2D eigenvalue weighted by Gasteiger charge is -2.42. The standard InChI is InChI=1S/C13H23NO2/c1-9-14-7-11(12(2,3)4)15-8-10(14)13(5,6)16-9/h10-11H,1,7-8H2,2-6H3. The topological polar surface area (TPSA) is 21.7 Å². The summed E-state index contributed by atoms with van der Waals surface area (Å²) in [5, 5.41) is 0. The lowest BCUT2D eigenvalue weighted by atomic mass is 9.86. The minimum atomic E-state index is -0.181. The molecule has 16 heavy (non-hydrogen) atoms. The van der Waals surface area contributed by atoms with Gasteiger partial charge in [0.1, 0.15) is 5.60 Å². The first-order valence-corrected chi connectivity index (χ1v) is 5.98. The van der Waals surface area contributed by atoms with E-state index in [1.807, 2.05) is 0 Å². The number of ether oxygens (including phenoxy) is 2. The molecule has 2 unspecified atom stereocenters. The van der Waals surface area contributed by atoms with Crippen molar-refractivity contribution in [2.75, 3.05) is 13.2 Å². The maximum atomic E-state index is 5.98. The minimum absolute atomic E-state index is 0.165. The highest BCUT2D eigenvalue weighted by molar-refractivity contribution is 5.08. The second-order valence-electron chi connectivity index (χ2n) is 6.46. The average Bonchev–Trinajstić information content (AvgIpc) is 2.36. The summed E-state index contributed by atoms with van der Waals surface area (Å²) < 4.78 is 11.8. The van der Waals surface area contributed by atoms with Gasteiger partial charge in [-0.2, -0.15) is 0 Å². The summed E-state index contributed by atoms with van der Waals surface area (Å²) in [4.78, 5) is 2.26. The summed E-state index contributed by atoms with van der Waals surface area (Å²) in [6.45, 7) is 16.4. The Labute approximate surface area is 98.4 Å². The van der Waals surface area contributed by atoms with Gasteiger partial charge >= 0.3 is 0 Å².